The van der Waals surface area contributed by atoms with Gasteiger partial charge in [0.1, 0.15) is 11.6 Å². The molecule has 0 unspecified atom stereocenters. The molecular formula is C18H20F4N3O3-. The van der Waals surface area contributed by atoms with Crippen molar-refractivity contribution in [2.45, 2.75) is 24.6 Å². The maximum atomic E-state index is 13.5. The van der Waals surface area contributed by atoms with Gasteiger partial charge in [-0.05, 0) is 31.5 Å². The smallest absolute Gasteiger partial charge is 0.419 e. The first-order chi connectivity index (χ1) is 13.2. The highest BCUT2D eigenvalue weighted by atomic mass is 19.4. The first-order valence-electron chi connectivity index (χ1n) is 9.16. The molecule has 6 nitrogen and oxygen atoms in total. The van der Waals surface area contributed by atoms with Crippen molar-refractivity contribution in [1.82, 2.24) is 14.9 Å². The average molecular weight is 402 g/mol. The summed E-state index contributed by atoms with van der Waals surface area (Å²) in [6.07, 6.45) is -3.06. The molecule has 0 aromatic heterocycles. The summed E-state index contributed by atoms with van der Waals surface area (Å²) >= 11 is 0. The van der Waals surface area contributed by atoms with Crippen LogP contribution in [0.25, 0.3) is 0 Å². The summed E-state index contributed by atoms with van der Waals surface area (Å²) in [5.74, 6) is -1.31. The van der Waals surface area contributed by atoms with Crippen LogP contribution in [-0.4, -0.2) is 65.8 Å². The van der Waals surface area contributed by atoms with Gasteiger partial charge in [-0.3, -0.25) is 0 Å². The standard InChI is InChI=1S/C18H20F4N3O3/c19-15-6-13(2-3-14(15)18(20,21)22)28-9-12-7-23(8-12)16(26)24-10-17(11-24)4-1-5-25(17)27/h2-3,6,12H,1,4-5,7-11H2/q-1. The van der Waals surface area contributed by atoms with Crippen molar-refractivity contribution in [3.63, 3.8) is 0 Å². The molecule has 1 spiro atoms. The van der Waals surface area contributed by atoms with Crippen LogP contribution in [0.2, 0.25) is 0 Å². The van der Waals surface area contributed by atoms with Crippen LogP contribution in [0.5, 0.6) is 5.75 Å². The van der Waals surface area contributed by atoms with E-state index in [-0.39, 0.29) is 24.3 Å². The number of benzene rings is 1. The Hall–Kier alpha value is -2.07. The fourth-order valence-corrected chi connectivity index (χ4v) is 4.09. The quantitative estimate of drug-likeness (QED) is 0.730. The van der Waals surface area contributed by atoms with E-state index in [1.165, 1.54) is 0 Å². The van der Waals surface area contributed by atoms with Gasteiger partial charge in [0.25, 0.3) is 0 Å². The third kappa shape index (κ3) is 3.39. The molecule has 0 bridgehead atoms. The van der Waals surface area contributed by atoms with Gasteiger partial charge in [0.05, 0.1) is 12.2 Å². The number of hydrogen-bond donors (Lipinski definition) is 0. The van der Waals surface area contributed by atoms with Crippen LogP contribution < -0.4 is 4.74 Å². The van der Waals surface area contributed by atoms with Gasteiger partial charge >= 0.3 is 12.2 Å². The van der Waals surface area contributed by atoms with Crippen molar-refractivity contribution in [1.29, 1.82) is 0 Å². The number of alkyl halides is 3. The van der Waals surface area contributed by atoms with Gasteiger partial charge in [-0.1, -0.05) is 0 Å². The number of nitrogens with zero attached hydrogens (tertiary/aromatic N) is 3. The Bertz CT molecular complexity index is 761. The SMILES string of the molecule is O=C(N1CC(COc2ccc(C(F)(F)F)c(F)c2)C1)N1CC2(CCCN2[O-])C1. The summed E-state index contributed by atoms with van der Waals surface area (Å²) in [4.78, 5) is 15.7. The molecule has 0 saturated carbocycles. The van der Waals surface area contributed by atoms with E-state index in [2.05, 4.69) is 0 Å². The first-order valence-corrected chi connectivity index (χ1v) is 9.16. The number of urea groups is 1. The van der Waals surface area contributed by atoms with Crippen molar-refractivity contribution in [3.05, 3.63) is 34.8 Å². The normalized spacial score (nSPS) is 22.3. The van der Waals surface area contributed by atoms with Gasteiger partial charge in [-0.15, -0.1) is 0 Å². The monoisotopic (exact) mass is 402 g/mol. The Balaban J connectivity index is 1.21. The molecule has 1 aromatic carbocycles. The number of likely N-dealkylation sites (tertiary alicyclic amines) is 2. The van der Waals surface area contributed by atoms with Gasteiger partial charge in [0.2, 0.25) is 0 Å². The second-order valence-electron chi connectivity index (χ2n) is 7.79. The lowest BCUT2D eigenvalue weighted by Crippen LogP contribution is -2.71. The molecule has 0 atom stereocenters. The largest absolute Gasteiger partial charge is 0.785 e. The molecule has 3 aliphatic heterocycles. The number of amides is 2. The molecule has 3 saturated heterocycles. The van der Waals surface area contributed by atoms with E-state index in [4.69, 9.17) is 4.74 Å². The van der Waals surface area contributed by atoms with E-state index in [1.54, 1.807) is 9.80 Å². The van der Waals surface area contributed by atoms with Crippen LogP contribution >= 0.6 is 0 Å². The fourth-order valence-electron chi connectivity index (χ4n) is 4.09. The molecule has 3 fully saturated rings. The molecule has 4 rings (SSSR count). The summed E-state index contributed by atoms with van der Waals surface area (Å²) in [5.41, 5.74) is -1.72. The predicted octanol–water partition coefficient (Wildman–Crippen LogP) is 2.92. The molecule has 2 amide bonds. The van der Waals surface area contributed by atoms with E-state index in [0.29, 0.717) is 38.8 Å². The molecule has 0 aliphatic carbocycles. The van der Waals surface area contributed by atoms with Crippen LogP contribution in [-0.2, 0) is 6.18 Å². The van der Waals surface area contributed by atoms with Gasteiger partial charge in [-0.25, -0.2) is 9.18 Å². The number of hydroxylamine groups is 2. The van der Waals surface area contributed by atoms with Crippen LogP contribution in [0, 0.1) is 16.9 Å². The predicted molar refractivity (Wildman–Crippen MR) is 91.0 cm³/mol. The van der Waals surface area contributed by atoms with E-state index in [0.717, 1.165) is 30.0 Å². The summed E-state index contributed by atoms with van der Waals surface area (Å²) in [6, 6.07) is 2.36. The molecule has 3 aliphatic rings. The van der Waals surface area contributed by atoms with Crippen LogP contribution in [0.3, 0.4) is 0 Å². The second-order valence-corrected chi connectivity index (χ2v) is 7.79. The Morgan fingerprint density at radius 1 is 1.25 bits per heavy atom. The zero-order valence-electron chi connectivity index (χ0n) is 15.0. The number of carbonyl (C=O) groups is 1. The minimum absolute atomic E-state index is 0.0248. The summed E-state index contributed by atoms with van der Waals surface area (Å²) in [6.45, 7) is 2.55. The zero-order valence-corrected chi connectivity index (χ0v) is 15.0. The molecular weight excluding hydrogens is 382 g/mol. The highest BCUT2D eigenvalue weighted by Gasteiger charge is 2.50. The second kappa shape index (κ2) is 6.77. The Morgan fingerprint density at radius 2 is 1.96 bits per heavy atom. The molecule has 10 heteroatoms. The Morgan fingerprint density at radius 3 is 2.54 bits per heavy atom. The zero-order chi connectivity index (χ0) is 20.1. The molecule has 154 valence electrons. The molecule has 3 heterocycles. The van der Waals surface area contributed by atoms with Gasteiger partial charge in [0.15, 0.2) is 0 Å². The number of hydrogen-bond acceptors (Lipinski definition) is 4. The Labute approximate surface area is 159 Å². The van der Waals surface area contributed by atoms with Crippen LogP contribution in [0.1, 0.15) is 18.4 Å². The summed E-state index contributed by atoms with van der Waals surface area (Å²) in [7, 11) is 0. The number of halogens is 4. The topological polar surface area (TPSA) is 59.1 Å². The van der Waals surface area contributed by atoms with Crippen molar-refractivity contribution >= 4 is 6.03 Å². The van der Waals surface area contributed by atoms with E-state index < -0.39 is 23.1 Å². The summed E-state index contributed by atoms with van der Waals surface area (Å²) < 4.78 is 56.6. The number of ether oxygens (including phenoxy) is 1. The number of rotatable bonds is 3. The van der Waals surface area contributed by atoms with Crippen LogP contribution in [0.15, 0.2) is 18.2 Å². The maximum absolute atomic E-state index is 13.5. The fraction of sp³-hybridized carbons (Fsp3) is 0.611. The highest BCUT2D eigenvalue weighted by molar-refractivity contribution is 5.76. The lowest BCUT2D eigenvalue weighted by molar-refractivity contribution is -0.140. The van der Waals surface area contributed by atoms with E-state index >= 15 is 0 Å². The summed E-state index contributed by atoms with van der Waals surface area (Å²) in [5, 5.41) is 12.9. The van der Waals surface area contributed by atoms with Crippen molar-refractivity contribution in [2.24, 2.45) is 5.92 Å². The highest BCUT2D eigenvalue weighted by Crippen LogP contribution is 2.38. The van der Waals surface area contributed by atoms with Crippen molar-refractivity contribution < 1.29 is 27.1 Å². The van der Waals surface area contributed by atoms with Gasteiger partial charge < -0.3 is 24.8 Å². The molecule has 28 heavy (non-hydrogen) atoms. The first kappa shape index (κ1) is 19.3. The van der Waals surface area contributed by atoms with Gasteiger partial charge in [0, 0.05) is 43.7 Å². The van der Waals surface area contributed by atoms with Gasteiger partial charge in [-0.2, -0.15) is 13.2 Å². The molecule has 0 radical (unpaired) electrons. The van der Waals surface area contributed by atoms with E-state index in [9.17, 15) is 27.6 Å². The third-order valence-electron chi connectivity index (χ3n) is 5.73. The lowest BCUT2D eigenvalue weighted by atomic mass is 9.88. The maximum Gasteiger partial charge on any atom is 0.419 e. The minimum Gasteiger partial charge on any atom is -0.785 e. The third-order valence-corrected chi connectivity index (χ3v) is 5.73. The minimum atomic E-state index is -4.74. The lowest BCUT2D eigenvalue weighted by Gasteiger charge is -2.57. The van der Waals surface area contributed by atoms with Crippen molar-refractivity contribution in [3.8, 4) is 5.75 Å². The Kier molecular flexibility index (Phi) is 4.65. The van der Waals surface area contributed by atoms with Crippen LogP contribution in [0.4, 0.5) is 22.4 Å². The average Bonchev–Trinajstić information content (AvgIpc) is 2.92. The van der Waals surface area contributed by atoms with E-state index in [1.807, 2.05) is 0 Å². The molecule has 1 aromatic rings. The van der Waals surface area contributed by atoms with Crippen molar-refractivity contribution in [2.75, 3.05) is 39.3 Å². The molecule has 0 N–H and O–H groups in total. The number of carbonyl (C=O) groups excluding carboxylic acids is 1.